The first-order chi connectivity index (χ1) is 11.6. The SMILES string of the molecule is C[c-]1cccc1.C[c-]1cccc1.C[c-]1cccc1.C[c-]1cccc1.O.O.[Mo].[Mo]. The Bertz CT molecular complexity index is 564. The van der Waals surface area contributed by atoms with Gasteiger partial charge in [-0.25, -0.2) is 48.5 Å². The minimum absolute atomic E-state index is 0. The zero-order valence-electron chi connectivity index (χ0n) is 17.1. The molecule has 0 aromatic heterocycles. The van der Waals surface area contributed by atoms with Crippen LogP contribution in [0.1, 0.15) is 22.3 Å². The minimum atomic E-state index is 0. The molecule has 4 N–H and O–H groups in total. The molecule has 0 bridgehead atoms. The Morgan fingerprint density at radius 2 is 0.429 bits per heavy atom. The van der Waals surface area contributed by atoms with Crippen LogP contribution in [0.2, 0.25) is 0 Å². The van der Waals surface area contributed by atoms with Crippen LogP contribution in [0, 0.1) is 27.7 Å². The first kappa shape index (κ1) is 34.2. The number of hydrogen-bond acceptors (Lipinski definition) is 0. The quantitative estimate of drug-likeness (QED) is 0.216. The number of hydrogen-bond donors (Lipinski definition) is 0. The van der Waals surface area contributed by atoms with Crippen molar-refractivity contribution in [1.29, 1.82) is 0 Å². The number of aryl methyl sites for hydroxylation is 4. The van der Waals surface area contributed by atoms with Crippen LogP contribution in [0.15, 0.2) is 97.1 Å². The van der Waals surface area contributed by atoms with E-state index in [9.17, 15) is 0 Å². The van der Waals surface area contributed by atoms with E-state index in [0.717, 1.165) is 0 Å². The van der Waals surface area contributed by atoms with Gasteiger partial charge in [0.2, 0.25) is 0 Å². The summed E-state index contributed by atoms with van der Waals surface area (Å²) in [6.45, 7) is 8.33. The van der Waals surface area contributed by atoms with E-state index in [2.05, 4.69) is 76.2 Å². The molecule has 0 aliphatic rings. The Labute approximate surface area is 199 Å². The standard InChI is InChI=1S/4C6H7.2Mo.2H2O/c4*1-6-4-2-3-5-6;;;;/h4*2-5H,1H3;;;2*1H2/q4*-1;;;;. The Morgan fingerprint density at radius 1 is 0.321 bits per heavy atom. The Balaban J connectivity index is -0.000000131. The fourth-order valence-electron chi connectivity index (χ4n) is 1.88. The van der Waals surface area contributed by atoms with Crippen molar-refractivity contribution < 1.29 is 53.1 Å². The molecule has 0 heterocycles. The van der Waals surface area contributed by atoms with Gasteiger partial charge in [-0.15, -0.1) is 0 Å². The normalized spacial score (nSPS) is 7.57. The van der Waals surface area contributed by atoms with Crippen LogP contribution in [-0.4, -0.2) is 11.0 Å². The maximum absolute atomic E-state index is 2.08. The van der Waals surface area contributed by atoms with Crippen LogP contribution in [0.3, 0.4) is 0 Å². The van der Waals surface area contributed by atoms with Gasteiger partial charge < -0.3 is 11.0 Å². The molecule has 156 valence electrons. The molecule has 0 saturated heterocycles. The molecule has 4 aromatic rings. The predicted molar refractivity (Wildman–Crippen MR) is 114 cm³/mol. The van der Waals surface area contributed by atoms with Gasteiger partial charge in [-0.1, -0.05) is 27.7 Å². The summed E-state index contributed by atoms with van der Waals surface area (Å²) in [5, 5.41) is 0. The van der Waals surface area contributed by atoms with Gasteiger partial charge >= 0.3 is 0 Å². The molecule has 4 aromatic carbocycles. The summed E-state index contributed by atoms with van der Waals surface area (Å²) in [5.74, 6) is 0. The molecule has 2 nitrogen and oxygen atoms in total. The fraction of sp³-hybridized carbons (Fsp3) is 0.167. The van der Waals surface area contributed by atoms with E-state index in [0.29, 0.717) is 0 Å². The van der Waals surface area contributed by atoms with E-state index in [1.165, 1.54) is 22.3 Å². The molecule has 28 heavy (non-hydrogen) atoms. The predicted octanol–water partition coefficient (Wildman–Crippen LogP) is 5.20. The van der Waals surface area contributed by atoms with Crippen LogP contribution in [-0.2, 0) is 42.1 Å². The van der Waals surface area contributed by atoms with Crippen LogP contribution in [0.5, 0.6) is 0 Å². The van der Waals surface area contributed by atoms with Crippen molar-refractivity contribution >= 4 is 0 Å². The summed E-state index contributed by atoms with van der Waals surface area (Å²) >= 11 is 0. The topological polar surface area (TPSA) is 63.0 Å². The van der Waals surface area contributed by atoms with Gasteiger partial charge in [0.1, 0.15) is 0 Å². The van der Waals surface area contributed by atoms with Gasteiger partial charge in [0.15, 0.2) is 0 Å². The Morgan fingerprint density at radius 3 is 0.464 bits per heavy atom. The van der Waals surface area contributed by atoms with Crippen molar-refractivity contribution in [3.8, 4) is 0 Å². The second kappa shape index (κ2) is 22.0. The maximum atomic E-state index is 2.08. The molecule has 0 aliphatic heterocycles. The molecule has 0 saturated carbocycles. The maximum Gasteiger partial charge on any atom is 0 e. The summed E-state index contributed by atoms with van der Waals surface area (Å²) in [4.78, 5) is 0. The van der Waals surface area contributed by atoms with Crippen LogP contribution < -0.4 is 0 Å². The zero-order chi connectivity index (χ0) is 17.6. The molecule has 0 aliphatic carbocycles. The smallest absolute Gasteiger partial charge is 0 e. The zero-order valence-corrected chi connectivity index (χ0v) is 21.1. The van der Waals surface area contributed by atoms with E-state index < -0.39 is 0 Å². The third kappa shape index (κ3) is 19.5. The van der Waals surface area contributed by atoms with Crippen LogP contribution >= 0.6 is 0 Å². The molecule has 0 fully saturated rings. The largest absolute Gasteiger partial charge is 0.412 e. The first-order valence-corrected chi connectivity index (χ1v) is 8.31. The third-order valence-corrected chi connectivity index (χ3v) is 3.32. The summed E-state index contributed by atoms with van der Waals surface area (Å²) in [6.07, 6.45) is 0. The van der Waals surface area contributed by atoms with Gasteiger partial charge in [-0.3, -0.25) is 0 Å². The van der Waals surface area contributed by atoms with Crippen LogP contribution in [0.4, 0.5) is 0 Å². The van der Waals surface area contributed by atoms with Crippen molar-refractivity contribution in [1.82, 2.24) is 0 Å². The molecule has 0 spiro atoms. The molecular formula is C24H32Mo2O2-4. The molecule has 4 rings (SSSR count). The summed E-state index contributed by atoms with van der Waals surface area (Å²) in [7, 11) is 0. The van der Waals surface area contributed by atoms with Crippen molar-refractivity contribution in [2.24, 2.45) is 0 Å². The Hall–Kier alpha value is -1.30. The summed E-state index contributed by atoms with van der Waals surface area (Å²) in [5.41, 5.74) is 5.37. The van der Waals surface area contributed by atoms with E-state index in [1.807, 2.05) is 48.5 Å². The fourth-order valence-corrected chi connectivity index (χ4v) is 1.88. The molecular weight excluding hydrogens is 512 g/mol. The first-order valence-electron chi connectivity index (χ1n) is 8.31. The van der Waals surface area contributed by atoms with Gasteiger partial charge in [-0.2, -0.15) is 70.8 Å². The van der Waals surface area contributed by atoms with Gasteiger partial charge in [-0.05, 0) is 0 Å². The Kier molecular flexibility index (Phi) is 26.9. The number of rotatable bonds is 0. The van der Waals surface area contributed by atoms with Crippen molar-refractivity contribution in [2.75, 3.05) is 0 Å². The molecule has 0 atom stereocenters. The van der Waals surface area contributed by atoms with Crippen LogP contribution in [0.25, 0.3) is 0 Å². The molecule has 0 unspecified atom stereocenters. The minimum Gasteiger partial charge on any atom is -0.412 e. The van der Waals surface area contributed by atoms with Crippen molar-refractivity contribution in [3.63, 3.8) is 0 Å². The second-order valence-electron chi connectivity index (χ2n) is 5.85. The van der Waals surface area contributed by atoms with E-state index in [-0.39, 0.29) is 53.1 Å². The molecule has 0 amide bonds. The monoisotopic (exact) mass is 548 g/mol. The van der Waals surface area contributed by atoms with E-state index in [4.69, 9.17) is 0 Å². The summed E-state index contributed by atoms with van der Waals surface area (Å²) in [6, 6.07) is 33.0. The average Bonchev–Trinajstić information content (AvgIpc) is 3.31. The van der Waals surface area contributed by atoms with Gasteiger partial charge in [0.25, 0.3) is 0 Å². The third-order valence-electron chi connectivity index (χ3n) is 3.32. The van der Waals surface area contributed by atoms with Gasteiger partial charge in [0.05, 0.1) is 0 Å². The molecule has 0 radical (unpaired) electrons. The van der Waals surface area contributed by atoms with E-state index >= 15 is 0 Å². The van der Waals surface area contributed by atoms with Crippen molar-refractivity contribution in [3.05, 3.63) is 119 Å². The summed E-state index contributed by atoms with van der Waals surface area (Å²) < 4.78 is 0. The molecule has 4 heteroatoms. The second-order valence-corrected chi connectivity index (χ2v) is 5.85. The van der Waals surface area contributed by atoms with E-state index in [1.54, 1.807) is 0 Å². The average molecular weight is 544 g/mol. The van der Waals surface area contributed by atoms with Crippen molar-refractivity contribution in [2.45, 2.75) is 27.7 Å². The van der Waals surface area contributed by atoms with Gasteiger partial charge in [0, 0.05) is 42.1 Å².